The van der Waals surface area contributed by atoms with Crippen molar-refractivity contribution in [1.82, 2.24) is 9.55 Å². The van der Waals surface area contributed by atoms with Gasteiger partial charge in [-0.25, -0.2) is 4.98 Å². The maximum absolute atomic E-state index is 14.1. The first-order valence-electron chi connectivity index (χ1n) is 14.0. The van der Waals surface area contributed by atoms with Crippen LogP contribution in [0.5, 0.6) is 5.75 Å². The summed E-state index contributed by atoms with van der Waals surface area (Å²) in [5, 5.41) is 12.5. The van der Waals surface area contributed by atoms with Crippen LogP contribution in [0.2, 0.25) is 5.02 Å². The number of carbonyl (C=O) groups is 2. The van der Waals surface area contributed by atoms with E-state index in [0.29, 0.717) is 28.6 Å². The minimum atomic E-state index is -1.10. The number of nitrogens with zero attached hydrogens (tertiary/aromatic N) is 2. The van der Waals surface area contributed by atoms with Gasteiger partial charge in [0.05, 0.1) is 16.6 Å². The molecule has 0 amide bonds. The summed E-state index contributed by atoms with van der Waals surface area (Å²) in [6.45, 7) is 9.76. The van der Waals surface area contributed by atoms with E-state index in [9.17, 15) is 14.7 Å². The average Bonchev–Trinajstić information content (AvgIpc) is 3.23. The number of ketones is 1. The van der Waals surface area contributed by atoms with Gasteiger partial charge >= 0.3 is 35.5 Å². The first-order chi connectivity index (χ1) is 19.8. The van der Waals surface area contributed by atoms with Gasteiger partial charge < -0.3 is 14.4 Å². The van der Waals surface area contributed by atoms with Gasteiger partial charge in [0.1, 0.15) is 12.4 Å². The zero-order chi connectivity index (χ0) is 30.2. The molecule has 5 aromatic rings. The molecule has 5 rings (SSSR count). The van der Waals surface area contributed by atoms with Crippen LogP contribution in [-0.2, 0) is 24.4 Å². The summed E-state index contributed by atoms with van der Waals surface area (Å²) in [4.78, 5) is 31.0. The first kappa shape index (κ1) is 32.7. The predicted octanol–water partition coefficient (Wildman–Crippen LogP) is 7.70. The zero-order valence-corrected chi connectivity index (χ0v) is 25.3. The van der Waals surface area contributed by atoms with Crippen LogP contribution in [0.3, 0.4) is 0 Å². The number of Topliss-reactive ketones (excluding diaryl/α,β-unsaturated/α-hetero) is 1. The number of carboxylic acid groups (broad SMARTS) is 1. The molecule has 0 bridgehead atoms. The van der Waals surface area contributed by atoms with Gasteiger partial charge in [0.2, 0.25) is 0 Å². The van der Waals surface area contributed by atoms with Crippen LogP contribution >= 0.6 is 11.6 Å². The fourth-order valence-corrected chi connectivity index (χ4v) is 5.21. The molecular formula is C35H36ClN2NaO4. The number of halogens is 1. The third kappa shape index (κ3) is 7.15. The number of aromatic nitrogens is 2. The molecule has 8 heteroatoms. The second kappa shape index (κ2) is 12.8. The Bertz CT molecular complexity index is 1800. The zero-order valence-electron chi connectivity index (χ0n) is 24.6. The van der Waals surface area contributed by atoms with Crippen LogP contribution in [0, 0.1) is 10.8 Å². The molecule has 0 fully saturated rings. The van der Waals surface area contributed by atoms with Gasteiger partial charge in [-0.15, -0.1) is 0 Å². The monoisotopic (exact) mass is 606 g/mol. The van der Waals surface area contributed by atoms with Gasteiger partial charge in [-0.2, -0.15) is 0 Å². The molecule has 2 heterocycles. The number of hydrogen-bond acceptors (Lipinski definition) is 4. The normalized spacial score (nSPS) is 11.9. The summed E-state index contributed by atoms with van der Waals surface area (Å²) in [5.74, 6) is -0.369. The standard InChI is InChI=1S/C35H35ClN2O4.Na.H/c1-34(2,3)32(39)31-27-18-26(42-21-25-15-12-23-8-6-7-9-28(23)37-25)16-17-29(27)38(20-22-10-13-24(36)14-11-22)30(31)19-35(4,5)33(40)41;;/h6-18H,19-21H2,1-5H3,(H,40,41);;. The number of carboxylic acids is 1. The van der Waals surface area contributed by atoms with Crippen LogP contribution in [0.25, 0.3) is 21.8 Å². The molecule has 0 aliphatic heterocycles. The fourth-order valence-electron chi connectivity index (χ4n) is 5.08. The van der Waals surface area contributed by atoms with Crippen molar-refractivity contribution in [2.75, 3.05) is 0 Å². The van der Waals surface area contributed by atoms with Crippen molar-refractivity contribution in [3.63, 3.8) is 0 Å². The van der Waals surface area contributed by atoms with Crippen molar-refractivity contribution >= 4 is 74.7 Å². The van der Waals surface area contributed by atoms with E-state index in [1.165, 1.54) is 0 Å². The number of ether oxygens (including phenoxy) is 1. The van der Waals surface area contributed by atoms with Crippen molar-refractivity contribution in [2.24, 2.45) is 10.8 Å². The van der Waals surface area contributed by atoms with Crippen molar-refractivity contribution in [3.8, 4) is 5.75 Å². The van der Waals surface area contributed by atoms with E-state index in [1.807, 2.05) is 99.6 Å². The number of aliphatic carboxylic acids is 1. The molecule has 218 valence electrons. The van der Waals surface area contributed by atoms with Gasteiger partial charge in [-0.3, -0.25) is 9.59 Å². The predicted molar refractivity (Wildman–Crippen MR) is 175 cm³/mol. The van der Waals surface area contributed by atoms with Crippen LogP contribution in [-0.4, -0.2) is 56.0 Å². The fraction of sp³-hybridized carbons (Fsp3) is 0.286. The van der Waals surface area contributed by atoms with E-state index < -0.39 is 16.8 Å². The van der Waals surface area contributed by atoms with Crippen LogP contribution < -0.4 is 4.74 Å². The van der Waals surface area contributed by atoms with Crippen LogP contribution in [0.4, 0.5) is 0 Å². The minimum absolute atomic E-state index is 0. The van der Waals surface area contributed by atoms with Crippen LogP contribution in [0.15, 0.2) is 78.9 Å². The maximum atomic E-state index is 14.1. The van der Waals surface area contributed by atoms with E-state index in [2.05, 4.69) is 4.57 Å². The number of benzene rings is 3. The molecule has 1 N–H and O–H groups in total. The van der Waals surface area contributed by atoms with E-state index in [0.717, 1.165) is 33.1 Å². The molecule has 0 saturated heterocycles. The Kier molecular flexibility index (Phi) is 9.77. The quantitative estimate of drug-likeness (QED) is 0.137. The van der Waals surface area contributed by atoms with Gasteiger partial charge in [0.25, 0.3) is 0 Å². The summed E-state index contributed by atoms with van der Waals surface area (Å²) in [5.41, 5.74) is 2.97. The number of rotatable bonds is 9. The summed E-state index contributed by atoms with van der Waals surface area (Å²) < 4.78 is 8.26. The van der Waals surface area contributed by atoms with Crippen LogP contribution in [0.1, 0.15) is 61.9 Å². The van der Waals surface area contributed by atoms with E-state index >= 15 is 0 Å². The Morgan fingerprint density at radius 1 is 0.930 bits per heavy atom. The number of carbonyl (C=O) groups excluding carboxylic acids is 1. The molecule has 0 unspecified atom stereocenters. The SMILES string of the molecule is CC(C)(C)C(=O)c1c(CC(C)(C)C(=O)O)n(Cc2ccc(Cl)cc2)c2ccc(OCc3ccc4ccccc4n3)cc12.[NaH]. The average molecular weight is 607 g/mol. The summed E-state index contributed by atoms with van der Waals surface area (Å²) in [6, 6.07) is 25.2. The second-order valence-corrected chi connectivity index (χ2v) is 12.9. The van der Waals surface area contributed by atoms with Crippen molar-refractivity contribution in [3.05, 3.63) is 106 Å². The Balaban J connectivity index is 0.00000423. The number of pyridine rings is 1. The van der Waals surface area contributed by atoms with E-state index in [1.54, 1.807) is 13.8 Å². The molecule has 0 aliphatic rings. The Morgan fingerprint density at radius 2 is 1.63 bits per heavy atom. The molecule has 6 nitrogen and oxygen atoms in total. The van der Waals surface area contributed by atoms with E-state index in [4.69, 9.17) is 21.3 Å². The first-order valence-corrected chi connectivity index (χ1v) is 14.4. The third-order valence-corrected chi connectivity index (χ3v) is 7.79. The van der Waals surface area contributed by atoms with Gasteiger partial charge in [-0.05, 0) is 61.9 Å². The molecule has 0 saturated carbocycles. The Morgan fingerprint density at radius 3 is 2.30 bits per heavy atom. The van der Waals surface area contributed by atoms with Crippen molar-refractivity contribution in [1.29, 1.82) is 0 Å². The summed E-state index contributed by atoms with van der Waals surface area (Å²) >= 11 is 6.14. The van der Waals surface area contributed by atoms with Gasteiger partial charge in [0, 0.05) is 50.9 Å². The number of fused-ring (bicyclic) bond motifs is 2. The van der Waals surface area contributed by atoms with Crippen molar-refractivity contribution < 1.29 is 19.4 Å². The Labute approximate surface area is 279 Å². The molecular weight excluding hydrogens is 571 g/mol. The topological polar surface area (TPSA) is 81.4 Å². The number of hydrogen-bond donors (Lipinski definition) is 1. The molecule has 43 heavy (non-hydrogen) atoms. The summed E-state index contributed by atoms with van der Waals surface area (Å²) in [7, 11) is 0. The number of para-hydroxylation sites is 1. The second-order valence-electron chi connectivity index (χ2n) is 12.4. The summed E-state index contributed by atoms with van der Waals surface area (Å²) in [6.07, 6.45) is 0.180. The molecule has 0 radical (unpaired) electrons. The molecule has 0 spiro atoms. The molecule has 2 aromatic heterocycles. The van der Waals surface area contributed by atoms with Gasteiger partial charge in [0.15, 0.2) is 5.78 Å². The molecule has 3 aromatic carbocycles. The van der Waals surface area contributed by atoms with Crippen molar-refractivity contribution in [2.45, 2.75) is 54.2 Å². The molecule has 0 aliphatic carbocycles. The Hall–Kier alpha value is -3.16. The third-order valence-electron chi connectivity index (χ3n) is 7.54. The molecule has 0 atom stereocenters. The van der Waals surface area contributed by atoms with Gasteiger partial charge in [-0.1, -0.05) is 68.8 Å². The van der Waals surface area contributed by atoms with E-state index in [-0.39, 0.29) is 48.4 Å².